The lowest BCUT2D eigenvalue weighted by Crippen LogP contribution is -2.29. The number of fused-ring (bicyclic) bond motifs is 2. The molecule has 0 atom stereocenters. The number of hydrogen-bond acceptors (Lipinski definition) is 4. The molecule has 2 nitrogen and oxygen atoms in total. The van der Waals surface area contributed by atoms with E-state index in [4.69, 9.17) is 11.6 Å². The molecular formula is C13H11ClN2S2. The fraction of sp³-hybridized carbons (Fsp3) is 0.154. The van der Waals surface area contributed by atoms with E-state index in [1.807, 2.05) is 12.3 Å². The molecule has 0 radical (unpaired) electrons. The maximum atomic E-state index is 6.01. The van der Waals surface area contributed by atoms with Crippen LogP contribution in [0.25, 0.3) is 11.1 Å². The Morgan fingerprint density at radius 2 is 2.22 bits per heavy atom. The molecule has 0 fully saturated rings. The molecule has 18 heavy (non-hydrogen) atoms. The highest BCUT2D eigenvalue weighted by Crippen LogP contribution is 2.36. The Kier molecular flexibility index (Phi) is 3.09. The second-order valence-electron chi connectivity index (χ2n) is 4.01. The van der Waals surface area contributed by atoms with Gasteiger partial charge in [-0.3, -0.25) is 4.98 Å². The van der Waals surface area contributed by atoms with Crippen molar-refractivity contribution in [3.05, 3.63) is 44.4 Å². The van der Waals surface area contributed by atoms with Crippen LogP contribution in [0.5, 0.6) is 0 Å². The van der Waals surface area contributed by atoms with Gasteiger partial charge in [0.15, 0.2) is 0 Å². The lowest BCUT2D eigenvalue weighted by molar-refractivity contribution is 1.22. The second kappa shape index (κ2) is 4.61. The van der Waals surface area contributed by atoms with Crippen LogP contribution in [0.3, 0.4) is 0 Å². The highest BCUT2D eigenvalue weighted by Gasteiger charge is 2.14. The molecule has 92 valence electrons. The summed E-state index contributed by atoms with van der Waals surface area (Å²) in [5.41, 5.74) is 1.23. The molecule has 3 rings (SSSR count). The smallest absolute Gasteiger partial charge is 0.101 e. The summed E-state index contributed by atoms with van der Waals surface area (Å²) in [6.07, 6.45) is 5.76. The summed E-state index contributed by atoms with van der Waals surface area (Å²) in [4.78, 5) is 6.98. The molecule has 1 aliphatic heterocycles. The first-order valence-corrected chi connectivity index (χ1v) is 7.88. The zero-order chi connectivity index (χ0) is 12.7. The molecule has 0 aromatic carbocycles. The predicted molar refractivity (Wildman–Crippen MR) is 81.7 cm³/mol. The molecule has 0 unspecified atom stereocenters. The Morgan fingerprint density at radius 1 is 1.39 bits per heavy atom. The van der Waals surface area contributed by atoms with Crippen LogP contribution >= 0.6 is 34.7 Å². The fourth-order valence-electron chi connectivity index (χ4n) is 2.02. The molecule has 0 amide bonds. The number of hydrogen-bond donors (Lipinski definition) is 1. The topological polar surface area (TPSA) is 24.9 Å². The quantitative estimate of drug-likeness (QED) is 0.875. The largest absolute Gasteiger partial charge is 0.352 e. The molecule has 0 aliphatic carbocycles. The van der Waals surface area contributed by atoms with Crippen LogP contribution in [0, 0.1) is 6.92 Å². The van der Waals surface area contributed by atoms with Crippen LogP contribution in [0.15, 0.2) is 18.3 Å². The first-order valence-electron chi connectivity index (χ1n) is 5.46. The first kappa shape index (κ1) is 12.1. The molecule has 0 spiro atoms. The van der Waals surface area contributed by atoms with Gasteiger partial charge in [-0.2, -0.15) is 0 Å². The summed E-state index contributed by atoms with van der Waals surface area (Å²) in [5, 5.41) is 7.22. The summed E-state index contributed by atoms with van der Waals surface area (Å²) in [6, 6.07) is 4.15. The number of aromatic nitrogens is 1. The van der Waals surface area contributed by atoms with Crippen molar-refractivity contribution in [2.24, 2.45) is 0 Å². The van der Waals surface area contributed by atoms with E-state index in [1.54, 1.807) is 29.3 Å². The standard InChI is InChI=1S/C13H11ClN2S2/c1-7-3-10-12(17-2)11-8(4-9(14)6-15-11)5-16-13(10)18-7/h3-6,16H,1-2H3. The summed E-state index contributed by atoms with van der Waals surface area (Å²) < 4.78 is 0. The van der Waals surface area contributed by atoms with E-state index in [2.05, 4.69) is 29.5 Å². The highest BCUT2D eigenvalue weighted by atomic mass is 35.5. The third-order valence-electron chi connectivity index (χ3n) is 2.76. The number of nitrogens with one attached hydrogen (secondary N) is 1. The Labute approximate surface area is 118 Å². The lowest BCUT2D eigenvalue weighted by atomic mass is 10.2. The van der Waals surface area contributed by atoms with Gasteiger partial charge in [0.1, 0.15) is 5.00 Å². The van der Waals surface area contributed by atoms with Crippen molar-refractivity contribution < 1.29 is 0 Å². The summed E-state index contributed by atoms with van der Waals surface area (Å²) in [5.74, 6) is 0. The minimum atomic E-state index is 0.661. The number of anilines is 1. The minimum absolute atomic E-state index is 0.661. The SMILES string of the molecule is CSC1=c2ncc(Cl)cc2=CNc2sc(C)cc21. The van der Waals surface area contributed by atoms with Crippen molar-refractivity contribution in [1.29, 1.82) is 0 Å². The maximum Gasteiger partial charge on any atom is 0.101 e. The van der Waals surface area contributed by atoms with Gasteiger partial charge >= 0.3 is 0 Å². The van der Waals surface area contributed by atoms with Crippen molar-refractivity contribution in [2.45, 2.75) is 6.92 Å². The second-order valence-corrected chi connectivity index (χ2v) is 6.52. The van der Waals surface area contributed by atoms with Crippen molar-refractivity contribution in [3.63, 3.8) is 0 Å². The number of nitrogens with zero attached hydrogens (tertiary/aromatic N) is 1. The van der Waals surface area contributed by atoms with E-state index in [0.29, 0.717) is 5.02 Å². The molecule has 2 aromatic heterocycles. The summed E-state index contributed by atoms with van der Waals surface area (Å²) in [7, 11) is 0. The molecule has 0 bridgehead atoms. The van der Waals surface area contributed by atoms with E-state index in [1.165, 1.54) is 20.3 Å². The van der Waals surface area contributed by atoms with Crippen LogP contribution in [0.4, 0.5) is 5.00 Å². The monoisotopic (exact) mass is 294 g/mol. The van der Waals surface area contributed by atoms with Crippen molar-refractivity contribution >= 4 is 50.8 Å². The number of pyridine rings is 1. The van der Waals surface area contributed by atoms with Gasteiger partial charge in [-0.25, -0.2) is 0 Å². The minimum Gasteiger partial charge on any atom is -0.352 e. The lowest BCUT2D eigenvalue weighted by Gasteiger charge is -2.02. The van der Waals surface area contributed by atoms with E-state index in [0.717, 1.165) is 10.6 Å². The van der Waals surface area contributed by atoms with Gasteiger partial charge in [0.25, 0.3) is 0 Å². The van der Waals surface area contributed by atoms with Gasteiger partial charge < -0.3 is 5.32 Å². The third-order valence-corrected chi connectivity index (χ3v) is 4.77. The van der Waals surface area contributed by atoms with Gasteiger partial charge in [-0.15, -0.1) is 23.1 Å². The van der Waals surface area contributed by atoms with Crippen LogP contribution in [-0.2, 0) is 0 Å². The van der Waals surface area contributed by atoms with Crippen LogP contribution in [0.2, 0.25) is 5.02 Å². The van der Waals surface area contributed by atoms with E-state index in [9.17, 15) is 0 Å². The predicted octanol–water partition coefficient (Wildman–Crippen LogP) is 2.79. The Hall–Kier alpha value is -0.970. The number of aryl methyl sites for hydroxylation is 1. The Morgan fingerprint density at radius 3 is 3.00 bits per heavy atom. The molecule has 1 N–H and O–H groups in total. The molecular weight excluding hydrogens is 284 g/mol. The number of thioether (sulfide) groups is 1. The molecule has 3 heterocycles. The fourth-order valence-corrected chi connectivity index (χ4v) is 3.89. The van der Waals surface area contributed by atoms with E-state index >= 15 is 0 Å². The number of thiophene rings is 1. The molecule has 0 saturated heterocycles. The zero-order valence-electron chi connectivity index (χ0n) is 9.95. The number of rotatable bonds is 1. The van der Waals surface area contributed by atoms with Crippen LogP contribution < -0.4 is 15.9 Å². The average molecular weight is 295 g/mol. The molecule has 5 heteroatoms. The zero-order valence-corrected chi connectivity index (χ0v) is 12.3. The highest BCUT2D eigenvalue weighted by molar-refractivity contribution is 8.07. The Bertz CT molecular complexity index is 734. The molecule has 0 saturated carbocycles. The van der Waals surface area contributed by atoms with Crippen LogP contribution in [-0.4, -0.2) is 11.2 Å². The maximum absolute atomic E-state index is 6.01. The van der Waals surface area contributed by atoms with Crippen molar-refractivity contribution in [2.75, 3.05) is 11.6 Å². The van der Waals surface area contributed by atoms with Crippen molar-refractivity contribution in [3.8, 4) is 0 Å². The van der Waals surface area contributed by atoms with Crippen LogP contribution in [0.1, 0.15) is 10.4 Å². The molecule has 2 aromatic rings. The summed E-state index contributed by atoms with van der Waals surface area (Å²) >= 11 is 9.49. The first-order chi connectivity index (χ1) is 8.69. The number of halogens is 1. The normalized spacial score (nSPS) is 13.2. The van der Waals surface area contributed by atoms with Gasteiger partial charge in [-0.1, -0.05) is 11.6 Å². The summed E-state index contributed by atoms with van der Waals surface area (Å²) in [6.45, 7) is 2.12. The van der Waals surface area contributed by atoms with Gasteiger partial charge in [0, 0.05) is 33.0 Å². The average Bonchev–Trinajstić information content (AvgIpc) is 2.64. The van der Waals surface area contributed by atoms with Crippen molar-refractivity contribution in [1.82, 2.24) is 4.98 Å². The third kappa shape index (κ3) is 1.94. The van der Waals surface area contributed by atoms with Gasteiger partial charge in [0.2, 0.25) is 0 Å². The van der Waals surface area contributed by atoms with E-state index in [-0.39, 0.29) is 0 Å². The van der Waals surface area contributed by atoms with E-state index < -0.39 is 0 Å². The Balaban J connectivity index is 2.41. The van der Waals surface area contributed by atoms with Gasteiger partial charge in [0.05, 0.1) is 10.4 Å². The van der Waals surface area contributed by atoms with Gasteiger partial charge in [-0.05, 0) is 25.3 Å². The molecule has 1 aliphatic rings.